The Morgan fingerprint density at radius 1 is 0.700 bits per heavy atom. The van der Waals surface area contributed by atoms with Gasteiger partial charge in [-0.2, -0.15) is 0 Å². The standard InChI is InChI=1S/C23H20FN3O3/c1-2-21(28)25-19-7-4-8-20(14-19)27-23(30)16-5-3-6-18(13-16)26-22(29)15-9-11-17(24)12-10-15/h3-14H,2H2,1H3,(H,25,28)(H,26,29)(H,27,30). The van der Waals surface area contributed by atoms with Gasteiger partial charge < -0.3 is 16.0 Å². The van der Waals surface area contributed by atoms with Crippen LogP contribution in [0.3, 0.4) is 0 Å². The molecule has 0 radical (unpaired) electrons. The zero-order valence-corrected chi connectivity index (χ0v) is 16.2. The zero-order chi connectivity index (χ0) is 21.5. The number of amides is 3. The molecule has 0 saturated heterocycles. The van der Waals surface area contributed by atoms with Crippen LogP contribution in [0, 0.1) is 5.82 Å². The molecule has 3 rings (SSSR count). The second-order valence-electron chi connectivity index (χ2n) is 6.48. The Kier molecular flexibility index (Phi) is 6.54. The number of benzene rings is 3. The molecule has 0 aliphatic carbocycles. The van der Waals surface area contributed by atoms with Crippen molar-refractivity contribution in [2.24, 2.45) is 0 Å². The van der Waals surface area contributed by atoms with Crippen LogP contribution in [-0.2, 0) is 4.79 Å². The van der Waals surface area contributed by atoms with E-state index in [1.807, 2.05) is 0 Å². The Morgan fingerprint density at radius 2 is 1.23 bits per heavy atom. The molecule has 3 N–H and O–H groups in total. The second-order valence-corrected chi connectivity index (χ2v) is 6.48. The number of hydrogen-bond acceptors (Lipinski definition) is 3. The molecule has 152 valence electrons. The van der Waals surface area contributed by atoms with Crippen LogP contribution in [0.1, 0.15) is 34.1 Å². The van der Waals surface area contributed by atoms with Crippen molar-refractivity contribution >= 4 is 34.8 Å². The molecule has 0 unspecified atom stereocenters. The van der Waals surface area contributed by atoms with Gasteiger partial charge in [-0.3, -0.25) is 14.4 Å². The number of carbonyl (C=O) groups excluding carboxylic acids is 3. The summed E-state index contributed by atoms with van der Waals surface area (Å²) in [6, 6.07) is 18.4. The molecule has 7 heteroatoms. The average Bonchev–Trinajstić information content (AvgIpc) is 2.74. The molecule has 0 bridgehead atoms. The Hall–Kier alpha value is -4.00. The summed E-state index contributed by atoms with van der Waals surface area (Å²) in [5.41, 5.74) is 2.18. The summed E-state index contributed by atoms with van der Waals surface area (Å²) in [6.45, 7) is 1.75. The molecule has 0 aliphatic rings. The lowest BCUT2D eigenvalue weighted by molar-refractivity contribution is -0.115. The van der Waals surface area contributed by atoms with Gasteiger partial charge in [-0.1, -0.05) is 19.1 Å². The topological polar surface area (TPSA) is 87.3 Å². The highest BCUT2D eigenvalue weighted by molar-refractivity contribution is 6.07. The Morgan fingerprint density at radius 3 is 1.87 bits per heavy atom. The number of nitrogens with one attached hydrogen (secondary N) is 3. The maximum absolute atomic E-state index is 13.0. The minimum absolute atomic E-state index is 0.122. The van der Waals surface area contributed by atoms with E-state index in [0.29, 0.717) is 34.6 Å². The van der Waals surface area contributed by atoms with Crippen LogP contribution in [0.5, 0.6) is 0 Å². The molecule has 6 nitrogen and oxygen atoms in total. The average molecular weight is 405 g/mol. The summed E-state index contributed by atoms with van der Waals surface area (Å²) in [4.78, 5) is 36.4. The first-order valence-corrected chi connectivity index (χ1v) is 9.33. The van der Waals surface area contributed by atoms with Gasteiger partial charge in [-0.25, -0.2) is 4.39 Å². The van der Waals surface area contributed by atoms with Gasteiger partial charge >= 0.3 is 0 Å². The first-order valence-electron chi connectivity index (χ1n) is 9.33. The van der Waals surface area contributed by atoms with E-state index in [9.17, 15) is 18.8 Å². The third-order valence-electron chi connectivity index (χ3n) is 4.21. The van der Waals surface area contributed by atoms with Crippen molar-refractivity contribution in [1.29, 1.82) is 0 Å². The highest BCUT2D eigenvalue weighted by Gasteiger charge is 2.10. The van der Waals surface area contributed by atoms with Crippen LogP contribution in [0.25, 0.3) is 0 Å². The van der Waals surface area contributed by atoms with Gasteiger partial charge in [0.2, 0.25) is 5.91 Å². The number of anilines is 3. The van der Waals surface area contributed by atoms with E-state index in [4.69, 9.17) is 0 Å². The normalized spacial score (nSPS) is 10.2. The van der Waals surface area contributed by atoms with E-state index in [0.717, 1.165) is 0 Å². The van der Waals surface area contributed by atoms with Crippen LogP contribution in [0.4, 0.5) is 21.5 Å². The lowest BCUT2D eigenvalue weighted by Crippen LogP contribution is -2.15. The van der Waals surface area contributed by atoms with E-state index < -0.39 is 11.7 Å². The molecule has 3 aromatic carbocycles. The van der Waals surface area contributed by atoms with E-state index in [2.05, 4.69) is 16.0 Å². The third-order valence-corrected chi connectivity index (χ3v) is 4.21. The van der Waals surface area contributed by atoms with Crippen LogP contribution in [0.15, 0.2) is 72.8 Å². The summed E-state index contributed by atoms with van der Waals surface area (Å²) in [7, 11) is 0. The molecule has 0 spiro atoms. The molecule has 0 fully saturated rings. The summed E-state index contributed by atoms with van der Waals surface area (Å²) in [5.74, 6) is -1.33. The van der Waals surface area contributed by atoms with Crippen molar-refractivity contribution in [3.63, 3.8) is 0 Å². The van der Waals surface area contributed by atoms with Crippen LogP contribution in [-0.4, -0.2) is 17.7 Å². The first-order chi connectivity index (χ1) is 14.4. The van der Waals surface area contributed by atoms with Crippen LogP contribution in [0.2, 0.25) is 0 Å². The highest BCUT2D eigenvalue weighted by atomic mass is 19.1. The molecule has 0 atom stereocenters. The number of rotatable bonds is 6. The van der Waals surface area contributed by atoms with Gasteiger partial charge in [0.05, 0.1) is 0 Å². The lowest BCUT2D eigenvalue weighted by Gasteiger charge is -2.10. The van der Waals surface area contributed by atoms with Crippen molar-refractivity contribution in [2.75, 3.05) is 16.0 Å². The Labute approximate surface area is 173 Å². The van der Waals surface area contributed by atoms with Crippen molar-refractivity contribution < 1.29 is 18.8 Å². The van der Waals surface area contributed by atoms with Crippen LogP contribution >= 0.6 is 0 Å². The van der Waals surface area contributed by atoms with E-state index in [-0.39, 0.29) is 11.8 Å². The van der Waals surface area contributed by atoms with Gasteiger partial charge in [0.15, 0.2) is 0 Å². The molecule has 0 aliphatic heterocycles. The Bertz CT molecular complexity index is 1080. The zero-order valence-electron chi connectivity index (χ0n) is 16.2. The molecule has 3 aromatic rings. The monoisotopic (exact) mass is 405 g/mol. The number of carbonyl (C=O) groups is 3. The van der Waals surface area contributed by atoms with Crippen LogP contribution < -0.4 is 16.0 Å². The van der Waals surface area contributed by atoms with Gasteiger partial charge in [-0.15, -0.1) is 0 Å². The smallest absolute Gasteiger partial charge is 0.255 e. The van der Waals surface area contributed by atoms with Gasteiger partial charge in [0, 0.05) is 34.6 Å². The van der Waals surface area contributed by atoms with Gasteiger partial charge in [0.1, 0.15) is 5.82 Å². The van der Waals surface area contributed by atoms with Crippen molar-refractivity contribution in [1.82, 2.24) is 0 Å². The summed E-state index contributed by atoms with van der Waals surface area (Å²) in [6.07, 6.45) is 0.354. The number of hydrogen-bond donors (Lipinski definition) is 3. The fraction of sp³-hybridized carbons (Fsp3) is 0.0870. The SMILES string of the molecule is CCC(=O)Nc1cccc(NC(=O)c2cccc(NC(=O)c3ccc(F)cc3)c2)c1. The molecule has 0 heterocycles. The number of halogens is 1. The van der Waals surface area contributed by atoms with Gasteiger partial charge in [0.25, 0.3) is 11.8 Å². The molecule has 0 aromatic heterocycles. The van der Waals surface area contributed by atoms with Crippen molar-refractivity contribution in [3.8, 4) is 0 Å². The van der Waals surface area contributed by atoms with Crippen molar-refractivity contribution in [2.45, 2.75) is 13.3 Å². The van der Waals surface area contributed by atoms with E-state index in [1.54, 1.807) is 55.5 Å². The van der Waals surface area contributed by atoms with Gasteiger partial charge in [-0.05, 0) is 60.7 Å². The molecule has 0 saturated carbocycles. The lowest BCUT2D eigenvalue weighted by atomic mass is 10.1. The third kappa shape index (κ3) is 5.51. The fourth-order valence-corrected chi connectivity index (χ4v) is 2.67. The molecule has 3 amide bonds. The van der Waals surface area contributed by atoms with Crippen molar-refractivity contribution in [3.05, 3.63) is 89.7 Å². The predicted molar refractivity (Wildman–Crippen MR) is 114 cm³/mol. The predicted octanol–water partition coefficient (Wildman–Crippen LogP) is 4.68. The quantitative estimate of drug-likeness (QED) is 0.557. The largest absolute Gasteiger partial charge is 0.326 e. The minimum Gasteiger partial charge on any atom is -0.326 e. The second kappa shape index (κ2) is 9.47. The maximum atomic E-state index is 13.0. The molecule has 30 heavy (non-hydrogen) atoms. The minimum atomic E-state index is -0.427. The summed E-state index contributed by atoms with van der Waals surface area (Å²) < 4.78 is 13.0. The summed E-state index contributed by atoms with van der Waals surface area (Å²) >= 11 is 0. The molecular weight excluding hydrogens is 385 g/mol. The highest BCUT2D eigenvalue weighted by Crippen LogP contribution is 2.18. The summed E-state index contributed by atoms with van der Waals surface area (Å²) in [5, 5.41) is 8.18. The molecular formula is C23H20FN3O3. The fourth-order valence-electron chi connectivity index (χ4n) is 2.67. The maximum Gasteiger partial charge on any atom is 0.255 e. The first kappa shape index (κ1) is 20.7. The van der Waals surface area contributed by atoms with E-state index in [1.165, 1.54) is 24.3 Å². The Balaban J connectivity index is 1.69. The van der Waals surface area contributed by atoms with E-state index >= 15 is 0 Å².